The van der Waals surface area contributed by atoms with Gasteiger partial charge < -0.3 is 0 Å². The fourth-order valence-electron chi connectivity index (χ4n) is 1.30. The van der Waals surface area contributed by atoms with Crippen LogP contribution in [0, 0.1) is 0 Å². The van der Waals surface area contributed by atoms with Gasteiger partial charge in [0.25, 0.3) is 13.9 Å². The second kappa shape index (κ2) is 4.12. The third-order valence-electron chi connectivity index (χ3n) is 1.96. The van der Waals surface area contributed by atoms with Gasteiger partial charge in [-0.25, -0.2) is 0 Å². The van der Waals surface area contributed by atoms with Crippen LogP contribution in [-0.2, 0) is 4.57 Å². The van der Waals surface area contributed by atoms with Crippen LogP contribution in [-0.4, -0.2) is 0 Å². The highest BCUT2D eigenvalue weighted by Gasteiger charge is 2.06. The molecule has 0 aliphatic heterocycles. The van der Waals surface area contributed by atoms with Crippen molar-refractivity contribution in [3.8, 4) is 11.3 Å². The van der Waals surface area contributed by atoms with E-state index in [0.717, 1.165) is 11.3 Å². The summed E-state index contributed by atoms with van der Waals surface area (Å²) in [7, 11) is 0.0189. The second-order valence-electron chi connectivity index (χ2n) is 2.91. The molecule has 1 aromatic heterocycles. The SMILES string of the molecule is O=Pc1cccc(-c2ccccc2)[nH+]1. The maximum atomic E-state index is 10.7. The first kappa shape index (κ1) is 9.04. The summed E-state index contributed by atoms with van der Waals surface area (Å²) in [6.45, 7) is 0. The van der Waals surface area contributed by atoms with E-state index in [4.69, 9.17) is 0 Å². The van der Waals surface area contributed by atoms with E-state index in [-0.39, 0.29) is 8.46 Å². The van der Waals surface area contributed by atoms with Gasteiger partial charge in [-0.1, -0.05) is 18.2 Å². The van der Waals surface area contributed by atoms with Crippen LogP contribution in [0.4, 0.5) is 0 Å². The molecule has 0 atom stereocenters. The molecule has 0 spiro atoms. The van der Waals surface area contributed by atoms with Crippen molar-refractivity contribution in [3.05, 3.63) is 48.5 Å². The number of H-pyrrole nitrogens is 1. The first-order chi connectivity index (χ1) is 6.90. The molecule has 0 bridgehead atoms. The molecule has 0 unspecified atom stereocenters. The molecule has 0 saturated carbocycles. The first-order valence-electron chi connectivity index (χ1n) is 4.31. The van der Waals surface area contributed by atoms with Crippen LogP contribution >= 0.6 is 8.46 Å². The molecular formula is C11H9NOP+. The highest BCUT2D eigenvalue weighted by Crippen LogP contribution is 2.12. The average molecular weight is 202 g/mol. The van der Waals surface area contributed by atoms with E-state index in [0.29, 0.717) is 5.44 Å². The van der Waals surface area contributed by atoms with E-state index in [1.165, 1.54) is 0 Å². The minimum absolute atomic E-state index is 0.0189. The standard InChI is InChI=1S/C11H8NOP/c13-14-11-8-4-7-10(12-11)9-5-2-1-3-6-9/h1-8H/p+1. The number of aromatic amines is 1. The van der Waals surface area contributed by atoms with Crippen molar-refractivity contribution in [1.82, 2.24) is 0 Å². The molecule has 2 rings (SSSR count). The molecule has 0 aliphatic rings. The van der Waals surface area contributed by atoms with E-state index in [2.05, 4.69) is 4.98 Å². The van der Waals surface area contributed by atoms with Crippen molar-refractivity contribution < 1.29 is 9.55 Å². The second-order valence-corrected chi connectivity index (χ2v) is 3.57. The molecular weight excluding hydrogens is 193 g/mol. The summed E-state index contributed by atoms with van der Waals surface area (Å²) < 4.78 is 10.7. The zero-order chi connectivity index (χ0) is 9.80. The number of nitrogens with one attached hydrogen (secondary N) is 1. The van der Waals surface area contributed by atoms with E-state index in [1.807, 2.05) is 42.5 Å². The van der Waals surface area contributed by atoms with E-state index >= 15 is 0 Å². The van der Waals surface area contributed by atoms with Gasteiger partial charge in [0.2, 0.25) is 5.69 Å². The zero-order valence-electron chi connectivity index (χ0n) is 7.47. The fourth-order valence-corrected chi connectivity index (χ4v) is 1.61. The van der Waals surface area contributed by atoms with Crippen molar-refractivity contribution in [2.75, 3.05) is 0 Å². The lowest BCUT2D eigenvalue weighted by atomic mass is 10.1. The number of rotatable bonds is 2. The smallest absolute Gasteiger partial charge is 0.263 e. The van der Waals surface area contributed by atoms with Gasteiger partial charge in [0.15, 0.2) is 0 Å². The van der Waals surface area contributed by atoms with Crippen molar-refractivity contribution in [2.45, 2.75) is 0 Å². The number of pyridine rings is 1. The number of benzene rings is 1. The summed E-state index contributed by atoms with van der Waals surface area (Å²) in [6.07, 6.45) is 0. The molecule has 2 nitrogen and oxygen atoms in total. The molecule has 1 N–H and O–H groups in total. The van der Waals surface area contributed by atoms with Gasteiger partial charge in [0.1, 0.15) is 0 Å². The van der Waals surface area contributed by atoms with Gasteiger partial charge in [-0.15, -0.1) is 0 Å². The van der Waals surface area contributed by atoms with E-state index in [1.54, 1.807) is 6.07 Å². The van der Waals surface area contributed by atoms with Crippen molar-refractivity contribution in [2.24, 2.45) is 0 Å². The Morgan fingerprint density at radius 2 is 1.71 bits per heavy atom. The maximum absolute atomic E-state index is 10.7. The Labute approximate surface area is 83.8 Å². The average Bonchev–Trinajstić information content (AvgIpc) is 2.30. The van der Waals surface area contributed by atoms with Gasteiger partial charge in [-0.3, -0.25) is 4.57 Å². The molecule has 0 amide bonds. The predicted octanol–water partition coefficient (Wildman–Crippen LogP) is 2.08. The Bertz CT molecular complexity index is 442. The van der Waals surface area contributed by atoms with Gasteiger partial charge in [0.05, 0.1) is 0 Å². The largest absolute Gasteiger partial charge is 0.271 e. The minimum Gasteiger partial charge on any atom is -0.263 e. The fraction of sp³-hybridized carbons (Fsp3) is 0. The van der Waals surface area contributed by atoms with Crippen LogP contribution in [0.25, 0.3) is 11.3 Å². The normalized spacial score (nSPS) is 10.3. The summed E-state index contributed by atoms with van der Waals surface area (Å²) in [5.74, 6) is 0. The van der Waals surface area contributed by atoms with Crippen LogP contribution in [0.15, 0.2) is 48.5 Å². The van der Waals surface area contributed by atoms with Gasteiger partial charge in [-0.2, -0.15) is 4.98 Å². The molecule has 1 aromatic carbocycles. The zero-order valence-corrected chi connectivity index (χ0v) is 8.37. The van der Waals surface area contributed by atoms with Gasteiger partial charge in [0, 0.05) is 17.7 Å². The van der Waals surface area contributed by atoms with Crippen LogP contribution in [0.2, 0.25) is 0 Å². The summed E-state index contributed by atoms with van der Waals surface area (Å²) >= 11 is 0. The van der Waals surface area contributed by atoms with Gasteiger partial charge in [-0.05, 0) is 18.2 Å². The Kier molecular flexibility index (Phi) is 2.66. The Morgan fingerprint density at radius 1 is 0.929 bits per heavy atom. The highest BCUT2D eigenvalue weighted by molar-refractivity contribution is 7.33. The number of aromatic nitrogens is 1. The molecule has 0 aliphatic carbocycles. The molecule has 14 heavy (non-hydrogen) atoms. The van der Waals surface area contributed by atoms with Crippen LogP contribution in [0.5, 0.6) is 0 Å². The third kappa shape index (κ3) is 1.86. The van der Waals surface area contributed by atoms with Gasteiger partial charge >= 0.3 is 0 Å². The number of hydrogen-bond donors (Lipinski definition) is 0. The first-order valence-corrected chi connectivity index (χ1v) is 5.12. The monoisotopic (exact) mass is 202 g/mol. The lowest BCUT2D eigenvalue weighted by molar-refractivity contribution is -0.341. The summed E-state index contributed by atoms with van der Waals surface area (Å²) in [5, 5.41) is 0. The third-order valence-corrected chi connectivity index (χ3v) is 2.42. The van der Waals surface area contributed by atoms with E-state index in [9.17, 15) is 4.57 Å². The summed E-state index contributed by atoms with van der Waals surface area (Å²) in [4.78, 5) is 3.09. The quantitative estimate of drug-likeness (QED) is 0.686. The Morgan fingerprint density at radius 3 is 2.43 bits per heavy atom. The minimum atomic E-state index is 0.0189. The summed E-state index contributed by atoms with van der Waals surface area (Å²) in [6, 6.07) is 15.6. The van der Waals surface area contributed by atoms with Crippen LogP contribution in [0.3, 0.4) is 0 Å². The molecule has 2 aromatic rings. The molecule has 0 radical (unpaired) electrons. The van der Waals surface area contributed by atoms with Crippen molar-refractivity contribution in [1.29, 1.82) is 0 Å². The Hall–Kier alpha value is -1.53. The number of hydrogen-bond acceptors (Lipinski definition) is 1. The topological polar surface area (TPSA) is 31.2 Å². The Balaban J connectivity index is 2.47. The maximum Gasteiger partial charge on any atom is 0.271 e. The lowest BCUT2D eigenvalue weighted by Gasteiger charge is -1.93. The van der Waals surface area contributed by atoms with Crippen molar-refractivity contribution in [3.63, 3.8) is 0 Å². The van der Waals surface area contributed by atoms with Crippen LogP contribution in [0.1, 0.15) is 0 Å². The molecule has 0 fully saturated rings. The van der Waals surface area contributed by atoms with Crippen molar-refractivity contribution >= 4 is 13.9 Å². The molecule has 1 heterocycles. The molecule has 3 heteroatoms. The summed E-state index contributed by atoms with van der Waals surface area (Å²) in [5.41, 5.74) is 2.76. The molecule has 0 saturated heterocycles. The lowest BCUT2D eigenvalue weighted by Crippen LogP contribution is -2.22. The highest BCUT2D eigenvalue weighted by atomic mass is 31.1. The van der Waals surface area contributed by atoms with Crippen LogP contribution < -0.4 is 10.4 Å². The molecule has 68 valence electrons. The van der Waals surface area contributed by atoms with E-state index < -0.39 is 0 Å². The predicted molar refractivity (Wildman–Crippen MR) is 55.7 cm³/mol.